The van der Waals surface area contributed by atoms with Crippen molar-refractivity contribution in [1.82, 2.24) is 25.1 Å². The van der Waals surface area contributed by atoms with Crippen molar-refractivity contribution in [1.29, 1.82) is 0 Å². The van der Waals surface area contributed by atoms with Gasteiger partial charge >= 0.3 is 0 Å². The summed E-state index contributed by atoms with van der Waals surface area (Å²) in [7, 11) is 0. The van der Waals surface area contributed by atoms with Gasteiger partial charge in [-0.1, -0.05) is 49.2 Å². The molecule has 1 saturated carbocycles. The van der Waals surface area contributed by atoms with E-state index in [1.807, 2.05) is 18.3 Å². The van der Waals surface area contributed by atoms with Crippen molar-refractivity contribution in [2.24, 2.45) is 0 Å². The van der Waals surface area contributed by atoms with Crippen molar-refractivity contribution in [3.8, 4) is 22.6 Å². The van der Waals surface area contributed by atoms with Crippen LogP contribution in [-0.4, -0.2) is 25.1 Å². The zero-order valence-corrected chi connectivity index (χ0v) is 17.5. The minimum atomic E-state index is -0.201. The van der Waals surface area contributed by atoms with Crippen molar-refractivity contribution >= 4 is 5.95 Å². The van der Waals surface area contributed by atoms with Gasteiger partial charge in [-0.05, 0) is 42.5 Å². The lowest BCUT2D eigenvalue weighted by molar-refractivity contribution is 0.273. The molecular weight excluding hydrogens is 388 g/mol. The van der Waals surface area contributed by atoms with Gasteiger partial charge in [0.25, 0.3) is 5.89 Å². The van der Waals surface area contributed by atoms with Crippen LogP contribution in [0.4, 0.5) is 5.95 Å². The quantitative estimate of drug-likeness (QED) is 0.494. The van der Waals surface area contributed by atoms with Crippen LogP contribution >= 0.6 is 0 Å². The highest BCUT2D eigenvalue weighted by Gasteiger charge is 2.44. The molecule has 0 spiro atoms. The van der Waals surface area contributed by atoms with E-state index in [0.717, 1.165) is 60.3 Å². The fraction of sp³-hybridized carbons (Fsp3) is 0.292. The van der Waals surface area contributed by atoms with Crippen molar-refractivity contribution in [3.05, 3.63) is 72.1 Å². The summed E-state index contributed by atoms with van der Waals surface area (Å²) in [6, 6.07) is 12.5. The average molecular weight is 412 g/mol. The molecule has 7 nitrogen and oxygen atoms in total. The molecule has 4 aromatic rings. The third kappa shape index (κ3) is 3.56. The van der Waals surface area contributed by atoms with E-state index in [4.69, 9.17) is 15.2 Å². The average Bonchev–Trinajstić information content (AvgIpc) is 3.25. The molecule has 0 amide bonds. The number of aromatic nitrogens is 5. The van der Waals surface area contributed by atoms with Crippen LogP contribution in [0.3, 0.4) is 0 Å². The maximum absolute atomic E-state index is 5.63. The fourth-order valence-corrected chi connectivity index (χ4v) is 4.13. The zero-order valence-electron chi connectivity index (χ0n) is 17.5. The molecule has 0 saturated heterocycles. The molecule has 0 bridgehead atoms. The van der Waals surface area contributed by atoms with Crippen molar-refractivity contribution < 1.29 is 4.52 Å². The normalized spacial score (nSPS) is 14.9. The van der Waals surface area contributed by atoms with Crippen LogP contribution in [0.5, 0.6) is 0 Å². The third-order valence-electron chi connectivity index (χ3n) is 6.08. The Morgan fingerprint density at radius 2 is 1.61 bits per heavy atom. The Morgan fingerprint density at radius 3 is 2.23 bits per heavy atom. The minimum absolute atomic E-state index is 0.201. The second kappa shape index (κ2) is 7.91. The molecule has 7 heteroatoms. The highest BCUT2D eigenvalue weighted by molar-refractivity contribution is 5.63. The van der Waals surface area contributed by atoms with Gasteiger partial charge in [0.1, 0.15) is 0 Å². The highest BCUT2D eigenvalue weighted by atomic mass is 16.5. The first kappa shape index (κ1) is 19.4. The molecule has 0 aliphatic heterocycles. The molecule has 0 radical (unpaired) electrons. The van der Waals surface area contributed by atoms with E-state index in [2.05, 4.69) is 51.3 Å². The third-order valence-corrected chi connectivity index (χ3v) is 6.08. The Morgan fingerprint density at radius 1 is 0.903 bits per heavy atom. The summed E-state index contributed by atoms with van der Waals surface area (Å²) in [5, 5.41) is 4.36. The maximum Gasteiger partial charge on any atom is 0.259 e. The van der Waals surface area contributed by atoms with Crippen LogP contribution in [-0.2, 0) is 11.8 Å². The van der Waals surface area contributed by atoms with Crippen LogP contribution in [0.2, 0.25) is 0 Å². The van der Waals surface area contributed by atoms with Gasteiger partial charge in [-0.2, -0.15) is 4.98 Å². The van der Waals surface area contributed by atoms with E-state index in [9.17, 15) is 0 Å². The van der Waals surface area contributed by atoms with Crippen LogP contribution in [0.1, 0.15) is 49.7 Å². The zero-order chi connectivity index (χ0) is 21.3. The SMILES string of the molecule is CCCc1ccc(-c2nc(C3(c4ccc(-c5cnc(N)nc5)cc4)CCC3)no2)cn1. The first-order chi connectivity index (χ1) is 15.2. The van der Waals surface area contributed by atoms with Gasteiger partial charge in [-0.3, -0.25) is 4.98 Å². The molecule has 31 heavy (non-hydrogen) atoms. The van der Waals surface area contributed by atoms with Crippen molar-refractivity contribution in [2.45, 2.75) is 44.4 Å². The molecule has 5 rings (SSSR count). The standard InChI is InChI=1S/C24H24N6O/c1-2-4-20-10-7-17(13-26-20)21-29-22(30-31-21)24(11-3-12-24)19-8-5-16(6-9-19)18-14-27-23(25)28-15-18/h5-10,13-15H,2-4,11-12H2,1H3,(H2,25,27,28). The van der Waals surface area contributed by atoms with E-state index < -0.39 is 0 Å². The van der Waals surface area contributed by atoms with Gasteiger partial charge in [0.2, 0.25) is 5.95 Å². The number of hydrogen-bond acceptors (Lipinski definition) is 7. The van der Waals surface area contributed by atoms with Crippen molar-refractivity contribution in [3.63, 3.8) is 0 Å². The highest BCUT2D eigenvalue weighted by Crippen LogP contribution is 2.48. The summed E-state index contributed by atoms with van der Waals surface area (Å²) < 4.78 is 5.63. The lowest BCUT2D eigenvalue weighted by Crippen LogP contribution is -2.36. The van der Waals surface area contributed by atoms with Crippen LogP contribution in [0, 0.1) is 0 Å². The minimum Gasteiger partial charge on any atom is -0.368 e. The summed E-state index contributed by atoms with van der Waals surface area (Å²) in [4.78, 5) is 17.4. The molecule has 0 unspecified atom stereocenters. The fourth-order valence-electron chi connectivity index (χ4n) is 4.13. The summed E-state index contributed by atoms with van der Waals surface area (Å²) in [5.41, 5.74) is 10.5. The molecule has 1 aliphatic rings. The van der Waals surface area contributed by atoms with E-state index in [1.54, 1.807) is 12.4 Å². The summed E-state index contributed by atoms with van der Waals surface area (Å²) in [6.07, 6.45) is 10.5. The van der Waals surface area contributed by atoms with Crippen molar-refractivity contribution in [2.75, 3.05) is 5.73 Å². The van der Waals surface area contributed by atoms with Gasteiger partial charge in [0.15, 0.2) is 5.82 Å². The van der Waals surface area contributed by atoms with E-state index >= 15 is 0 Å². The van der Waals surface area contributed by atoms with Gasteiger partial charge in [0, 0.05) is 29.8 Å². The van der Waals surface area contributed by atoms with E-state index in [1.165, 1.54) is 5.56 Å². The maximum atomic E-state index is 5.63. The Balaban J connectivity index is 1.42. The number of nitrogens with two attached hydrogens (primary N) is 1. The van der Waals surface area contributed by atoms with Gasteiger partial charge in [-0.15, -0.1) is 0 Å². The number of nitrogen functional groups attached to an aromatic ring is 1. The first-order valence-corrected chi connectivity index (χ1v) is 10.7. The molecule has 0 atom stereocenters. The number of anilines is 1. The second-order valence-electron chi connectivity index (χ2n) is 8.05. The number of nitrogens with zero attached hydrogens (tertiary/aromatic N) is 5. The van der Waals surface area contributed by atoms with Gasteiger partial charge < -0.3 is 10.3 Å². The Bertz CT molecular complexity index is 1160. The number of hydrogen-bond donors (Lipinski definition) is 1. The number of pyridine rings is 1. The molecule has 2 N–H and O–H groups in total. The Labute approximate surface area is 180 Å². The Kier molecular flexibility index (Phi) is 4.94. The van der Waals surface area contributed by atoms with Gasteiger partial charge in [0.05, 0.1) is 11.0 Å². The molecular formula is C24H24N6O. The number of benzene rings is 1. The summed E-state index contributed by atoms with van der Waals surface area (Å²) in [5.74, 6) is 1.54. The smallest absolute Gasteiger partial charge is 0.259 e. The van der Waals surface area contributed by atoms with E-state index in [-0.39, 0.29) is 11.4 Å². The summed E-state index contributed by atoms with van der Waals surface area (Å²) in [6.45, 7) is 2.15. The second-order valence-corrected chi connectivity index (χ2v) is 8.05. The topological polar surface area (TPSA) is 104 Å². The van der Waals surface area contributed by atoms with Gasteiger partial charge in [-0.25, -0.2) is 9.97 Å². The predicted octanol–water partition coefficient (Wildman–Crippen LogP) is 4.59. The number of rotatable bonds is 6. The summed E-state index contributed by atoms with van der Waals surface area (Å²) >= 11 is 0. The first-order valence-electron chi connectivity index (χ1n) is 10.7. The molecule has 3 aromatic heterocycles. The predicted molar refractivity (Wildman–Crippen MR) is 118 cm³/mol. The van der Waals surface area contributed by atoms with Crippen LogP contribution in [0.25, 0.3) is 22.6 Å². The van der Waals surface area contributed by atoms with Crippen LogP contribution in [0.15, 0.2) is 59.5 Å². The molecule has 3 heterocycles. The lowest BCUT2D eigenvalue weighted by atomic mass is 9.64. The molecule has 156 valence electrons. The van der Waals surface area contributed by atoms with Crippen LogP contribution < -0.4 is 5.73 Å². The largest absolute Gasteiger partial charge is 0.368 e. The molecule has 1 aromatic carbocycles. The molecule has 1 aliphatic carbocycles. The monoisotopic (exact) mass is 412 g/mol. The molecule has 1 fully saturated rings. The number of aryl methyl sites for hydroxylation is 1. The Hall–Kier alpha value is -3.61. The lowest BCUT2D eigenvalue weighted by Gasteiger charge is -2.39. The van der Waals surface area contributed by atoms with E-state index in [0.29, 0.717) is 5.89 Å².